The lowest BCUT2D eigenvalue weighted by molar-refractivity contribution is -0.125. The number of halogens is 1. The van der Waals surface area contributed by atoms with Crippen molar-refractivity contribution in [3.8, 4) is 11.4 Å². The standard InChI is InChI=1S/C25H27FN4O/c1-17-8-10-19(11-9-17)18(2)28-25(31)21-6-4-14-30(16-21)23-12-13-27-24(29-23)20-5-3-7-22(26)15-20/h3,5,7-13,15,18,21H,4,6,14,16H2,1-2H3,(H,28,31). The van der Waals surface area contributed by atoms with Crippen LogP contribution in [0.15, 0.2) is 60.8 Å². The molecule has 0 saturated carbocycles. The molecule has 0 radical (unpaired) electrons. The van der Waals surface area contributed by atoms with Gasteiger partial charge in [-0.3, -0.25) is 4.79 Å². The van der Waals surface area contributed by atoms with E-state index in [4.69, 9.17) is 0 Å². The van der Waals surface area contributed by atoms with Gasteiger partial charge in [-0.2, -0.15) is 0 Å². The van der Waals surface area contributed by atoms with Crippen LogP contribution < -0.4 is 10.2 Å². The highest BCUT2D eigenvalue weighted by Crippen LogP contribution is 2.25. The largest absolute Gasteiger partial charge is 0.356 e. The smallest absolute Gasteiger partial charge is 0.225 e. The Hall–Kier alpha value is -3.28. The van der Waals surface area contributed by atoms with E-state index < -0.39 is 0 Å². The fraction of sp³-hybridized carbons (Fsp3) is 0.320. The number of hydrogen-bond donors (Lipinski definition) is 1. The Labute approximate surface area is 182 Å². The van der Waals surface area contributed by atoms with Gasteiger partial charge in [-0.1, -0.05) is 42.0 Å². The molecule has 3 aromatic rings. The molecule has 2 heterocycles. The topological polar surface area (TPSA) is 58.1 Å². The minimum atomic E-state index is -0.316. The molecule has 160 valence electrons. The Morgan fingerprint density at radius 1 is 1.19 bits per heavy atom. The number of aryl methyl sites for hydroxylation is 1. The molecule has 1 saturated heterocycles. The van der Waals surface area contributed by atoms with Crippen LogP contribution in [0.4, 0.5) is 10.2 Å². The van der Waals surface area contributed by atoms with Gasteiger partial charge < -0.3 is 10.2 Å². The number of benzene rings is 2. The van der Waals surface area contributed by atoms with Crippen molar-refractivity contribution < 1.29 is 9.18 Å². The number of carbonyl (C=O) groups excluding carboxylic acids is 1. The van der Waals surface area contributed by atoms with E-state index in [0.717, 1.165) is 30.8 Å². The third kappa shape index (κ3) is 5.08. The summed E-state index contributed by atoms with van der Waals surface area (Å²) in [5.41, 5.74) is 2.94. The molecular formula is C25H27FN4O. The van der Waals surface area contributed by atoms with Crippen molar-refractivity contribution in [3.05, 3.63) is 77.7 Å². The van der Waals surface area contributed by atoms with Crippen molar-refractivity contribution >= 4 is 11.7 Å². The summed E-state index contributed by atoms with van der Waals surface area (Å²) in [7, 11) is 0. The van der Waals surface area contributed by atoms with E-state index >= 15 is 0 Å². The van der Waals surface area contributed by atoms with Crippen LogP contribution in [0.3, 0.4) is 0 Å². The van der Waals surface area contributed by atoms with Gasteiger partial charge in [-0.25, -0.2) is 14.4 Å². The lowest BCUT2D eigenvalue weighted by atomic mass is 9.96. The summed E-state index contributed by atoms with van der Waals surface area (Å²) in [6, 6.07) is 16.3. The number of anilines is 1. The van der Waals surface area contributed by atoms with Crippen molar-refractivity contribution in [2.75, 3.05) is 18.0 Å². The van der Waals surface area contributed by atoms with Gasteiger partial charge in [0.1, 0.15) is 11.6 Å². The molecule has 1 N–H and O–H groups in total. The van der Waals surface area contributed by atoms with Crippen LogP contribution in [0.25, 0.3) is 11.4 Å². The highest BCUT2D eigenvalue weighted by Gasteiger charge is 2.27. The maximum atomic E-state index is 13.6. The molecular weight excluding hydrogens is 391 g/mol. The van der Waals surface area contributed by atoms with E-state index in [1.165, 1.54) is 17.7 Å². The molecule has 6 heteroatoms. The zero-order valence-electron chi connectivity index (χ0n) is 17.9. The zero-order valence-corrected chi connectivity index (χ0v) is 17.9. The van der Waals surface area contributed by atoms with Crippen LogP contribution in [0.2, 0.25) is 0 Å². The van der Waals surface area contributed by atoms with Crippen LogP contribution >= 0.6 is 0 Å². The van der Waals surface area contributed by atoms with Crippen molar-refractivity contribution in [2.45, 2.75) is 32.7 Å². The molecule has 0 aliphatic carbocycles. The highest BCUT2D eigenvalue weighted by atomic mass is 19.1. The second-order valence-corrected chi connectivity index (χ2v) is 8.17. The summed E-state index contributed by atoms with van der Waals surface area (Å²) in [5, 5.41) is 3.16. The fourth-order valence-corrected chi connectivity index (χ4v) is 3.96. The fourth-order valence-electron chi connectivity index (χ4n) is 3.96. The first-order valence-corrected chi connectivity index (χ1v) is 10.7. The van der Waals surface area contributed by atoms with E-state index in [2.05, 4.69) is 51.4 Å². The average Bonchev–Trinajstić information content (AvgIpc) is 2.79. The van der Waals surface area contributed by atoms with Crippen molar-refractivity contribution in [2.24, 2.45) is 5.92 Å². The molecule has 1 amide bonds. The average molecular weight is 419 g/mol. The molecule has 2 atom stereocenters. The Morgan fingerprint density at radius 2 is 2.00 bits per heavy atom. The summed E-state index contributed by atoms with van der Waals surface area (Å²) in [6.45, 7) is 5.50. The number of amides is 1. The van der Waals surface area contributed by atoms with Crippen LogP contribution in [-0.4, -0.2) is 29.0 Å². The van der Waals surface area contributed by atoms with Gasteiger partial charge in [0.2, 0.25) is 5.91 Å². The molecule has 1 fully saturated rings. The molecule has 1 aromatic heterocycles. The quantitative estimate of drug-likeness (QED) is 0.653. The monoisotopic (exact) mass is 418 g/mol. The van der Waals surface area contributed by atoms with Crippen molar-refractivity contribution in [3.63, 3.8) is 0 Å². The van der Waals surface area contributed by atoms with E-state index in [0.29, 0.717) is 17.9 Å². The lowest BCUT2D eigenvalue weighted by Crippen LogP contribution is -2.44. The first-order chi connectivity index (χ1) is 15.0. The number of nitrogens with one attached hydrogen (secondary N) is 1. The van der Waals surface area contributed by atoms with Crippen LogP contribution in [0, 0.1) is 18.7 Å². The predicted octanol–water partition coefficient (Wildman–Crippen LogP) is 4.68. The maximum absolute atomic E-state index is 13.6. The number of aromatic nitrogens is 2. The zero-order chi connectivity index (χ0) is 21.8. The van der Waals surface area contributed by atoms with Gasteiger partial charge in [0.05, 0.1) is 12.0 Å². The Bertz CT molecular complexity index is 1050. The Morgan fingerprint density at radius 3 is 2.77 bits per heavy atom. The summed E-state index contributed by atoms with van der Waals surface area (Å²) in [5.74, 6) is 0.894. The molecule has 2 unspecified atom stereocenters. The van der Waals surface area contributed by atoms with Crippen molar-refractivity contribution in [1.29, 1.82) is 0 Å². The summed E-state index contributed by atoms with van der Waals surface area (Å²) < 4.78 is 13.6. The van der Waals surface area contributed by atoms with E-state index in [9.17, 15) is 9.18 Å². The van der Waals surface area contributed by atoms with Crippen LogP contribution in [0.1, 0.15) is 36.9 Å². The third-order valence-corrected chi connectivity index (χ3v) is 5.78. The first kappa shape index (κ1) is 21.0. The Balaban J connectivity index is 1.44. The van der Waals surface area contributed by atoms with Gasteiger partial charge in [0, 0.05) is 24.8 Å². The van der Waals surface area contributed by atoms with E-state index in [1.54, 1.807) is 18.3 Å². The summed E-state index contributed by atoms with van der Waals surface area (Å²) >= 11 is 0. The second-order valence-electron chi connectivity index (χ2n) is 8.17. The Kier molecular flexibility index (Phi) is 6.26. The van der Waals surface area contributed by atoms with E-state index in [-0.39, 0.29) is 23.7 Å². The molecule has 0 bridgehead atoms. The van der Waals surface area contributed by atoms with Crippen LogP contribution in [0.5, 0.6) is 0 Å². The van der Waals surface area contributed by atoms with Gasteiger partial charge in [0.15, 0.2) is 5.82 Å². The number of piperidine rings is 1. The molecule has 1 aliphatic heterocycles. The second kappa shape index (κ2) is 9.25. The highest BCUT2D eigenvalue weighted by molar-refractivity contribution is 5.80. The molecule has 2 aromatic carbocycles. The number of carbonyl (C=O) groups is 1. The summed E-state index contributed by atoms with van der Waals surface area (Å²) in [4.78, 5) is 24.0. The number of hydrogen-bond acceptors (Lipinski definition) is 4. The SMILES string of the molecule is Cc1ccc(C(C)NC(=O)C2CCCN(c3ccnc(-c4cccc(F)c4)n3)C2)cc1. The normalized spacial score (nSPS) is 17.3. The molecule has 4 rings (SSSR count). The van der Waals surface area contributed by atoms with Crippen molar-refractivity contribution in [1.82, 2.24) is 15.3 Å². The summed E-state index contributed by atoms with van der Waals surface area (Å²) in [6.07, 6.45) is 3.45. The molecule has 31 heavy (non-hydrogen) atoms. The number of nitrogens with zero attached hydrogens (tertiary/aromatic N) is 3. The van der Waals surface area contributed by atoms with Gasteiger partial charge in [-0.05, 0) is 50.5 Å². The van der Waals surface area contributed by atoms with Gasteiger partial charge >= 0.3 is 0 Å². The minimum absolute atomic E-state index is 0.0397. The maximum Gasteiger partial charge on any atom is 0.225 e. The van der Waals surface area contributed by atoms with Gasteiger partial charge in [0.25, 0.3) is 0 Å². The number of rotatable bonds is 5. The predicted molar refractivity (Wildman–Crippen MR) is 120 cm³/mol. The molecule has 5 nitrogen and oxygen atoms in total. The van der Waals surface area contributed by atoms with E-state index in [1.807, 2.05) is 13.0 Å². The lowest BCUT2D eigenvalue weighted by Gasteiger charge is -2.33. The first-order valence-electron chi connectivity index (χ1n) is 10.7. The minimum Gasteiger partial charge on any atom is -0.356 e. The third-order valence-electron chi connectivity index (χ3n) is 5.78. The van der Waals surface area contributed by atoms with Gasteiger partial charge in [-0.15, -0.1) is 0 Å². The van der Waals surface area contributed by atoms with Crippen LogP contribution in [-0.2, 0) is 4.79 Å². The molecule has 1 aliphatic rings. The molecule has 0 spiro atoms.